The molecule has 0 saturated carbocycles. The minimum absolute atomic E-state index is 0.0135. The maximum atomic E-state index is 14.6. The van der Waals surface area contributed by atoms with Gasteiger partial charge in [-0.05, 0) is 40.2 Å². The summed E-state index contributed by atoms with van der Waals surface area (Å²) in [5.41, 5.74) is 5.16. The highest BCUT2D eigenvalue weighted by atomic mass is 79.9. The number of rotatable bonds is 3. The number of nitriles is 1. The molecule has 150 valence electrons. The van der Waals surface area contributed by atoms with Crippen molar-refractivity contribution in [1.82, 2.24) is 19.6 Å². The maximum Gasteiger partial charge on any atom is 0.223 e. The van der Waals surface area contributed by atoms with Crippen LogP contribution in [0, 0.1) is 28.8 Å². The summed E-state index contributed by atoms with van der Waals surface area (Å²) in [7, 11) is 0. The highest BCUT2D eigenvalue weighted by molar-refractivity contribution is 9.10. The normalized spacial score (nSPS) is 12.1. The number of fused-ring (bicyclic) bond motifs is 1. The third-order valence-corrected chi connectivity index (χ3v) is 5.09. The van der Waals surface area contributed by atoms with Gasteiger partial charge in [0.15, 0.2) is 11.5 Å². The summed E-state index contributed by atoms with van der Waals surface area (Å²) in [6.07, 6.45) is -1.82. The molecule has 0 amide bonds. The van der Waals surface area contributed by atoms with Crippen LogP contribution in [-0.2, 0) is 0 Å². The molecule has 0 aliphatic heterocycles. The number of nitrogens with zero attached hydrogens (tertiary/aromatic N) is 5. The number of halogens is 4. The van der Waals surface area contributed by atoms with Crippen LogP contribution in [0.5, 0.6) is 0 Å². The van der Waals surface area contributed by atoms with Gasteiger partial charge in [-0.25, -0.2) is 23.1 Å². The number of aliphatic hydroxyl groups excluding tert-OH is 1. The molecule has 3 N–H and O–H groups in total. The number of nitrogens with two attached hydrogens (primary N) is 1. The first-order valence-corrected chi connectivity index (χ1v) is 9.15. The van der Waals surface area contributed by atoms with E-state index < -0.39 is 29.1 Å². The van der Waals surface area contributed by atoms with Crippen LogP contribution in [0.25, 0.3) is 16.9 Å². The van der Waals surface area contributed by atoms with Crippen LogP contribution in [-0.4, -0.2) is 24.7 Å². The summed E-state index contributed by atoms with van der Waals surface area (Å²) < 4.78 is 43.9. The van der Waals surface area contributed by atoms with E-state index in [4.69, 9.17) is 11.0 Å². The molecule has 1 atom stereocenters. The Morgan fingerprint density at radius 1 is 1.10 bits per heavy atom. The Morgan fingerprint density at radius 2 is 1.77 bits per heavy atom. The van der Waals surface area contributed by atoms with Crippen molar-refractivity contribution in [3.8, 4) is 17.3 Å². The van der Waals surface area contributed by atoms with E-state index in [1.807, 2.05) is 0 Å². The van der Waals surface area contributed by atoms with Gasteiger partial charge in [0.05, 0.1) is 21.3 Å². The molecule has 4 aromatic rings. The van der Waals surface area contributed by atoms with Gasteiger partial charge in [-0.1, -0.05) is 12.1 Å². The second-order valence-electron chi connectivity index (χ2n) is 6.15. The Morgan fingerprint density at radius 3 is 2.43 bits per heavy atom. The van der Waals surface area contributed by atoms with Crippen LogP contribution in [0.15, 0.2) is 40.9 Å². The average Bonchev–Trinajstić information content (AvgIpc) is 3.17. The fraction of sp³-hybridized carbons (Fsp3) is 0.0526. The first-order chi connectivity index (χ1) is 14.3. The zero-order valence-corrected chi connectivity index (χ0v) is 16.4. The van der Waals surface area contributed by atoms with Gasteiger partial charge in [0.2, 0.25) is 5.95 Å². The van der Waals surface area contributed by atoms with Crippen molar-refractivity contribution in [2.45, 2.75) is 6.10 Å². The van der Waals surface area contributed by atoms with Gasteiger partial charge in [0, 0.05) is 5.56 Å². The number of hydrogen-bond donors (Lipinski definition) is 2. The lowest BCUT2D eigenvalue weighted by atomic mass is 10.1. The zero-order chi connectivity index (χ0) is 21.6. The Labute approximate surface area is 175 Å². The van der Waals surface area contributed by atoms with Gasteiger partial charge in [-0.2, -0.15) is 9.78 Å². The zero-order valence-electron chi connectivity index (χ0n) is 14.8. The molecule has 4 rings (SSSR count). The monoisotopic (exact) mass is 474 g/mol. The molecule has 1 unspecified atom stereocenters. The SMILES string of the molecule is N#Cc1cccc(-c2nc(N)n3nc(C(O)c4c(F)cccc4F)nc3c2Br)c1F. The molecule has 7 nitrogen and oxygen atoms in total. The summed E-state index contributed by atoms with van der Waals surface area (Å²) in [6.45, 7) is 0. The summed E-state index contributed by atoms with van der Waals surface area (Å²) in [4.78, 5) is 8.20. The first kappa shape index (κ1) is 19.8. The van der Waals surface area contributed by atoms with E-state index in [-0.39, 0.29) is 38.7 Å². The maximum absolute atomic E-state index is 14.6. The third kappa shape index (κ3) is 3.06. The van der Waals surface area contributed by atoms with Gasteiger partial charge >= 0.3 is 0 Å². The fourth-order valence-corrected chi connectivity index (χ4v) is 3.50. The van der Waals surface area contributed by atoms with Crippen LogP contribution in [0.4, 0.5) is 19.1 Å². The van der Waals surface area contributed by atoms with Crippen LogP contribution in [0.3, 0.4) is 0 Å². The van der Waals surface area contributed by atoms with E-state index in [1.165, 1.54) is 18.2 Å². The lowest BCUT2D eigenvalue weighted by Gasteiger charge is -2.08. The van der Waals surface area contributed by atoms with Gasteiger partial charge < -0.3 is 10.8 Å². The van der Waals surface area contributed by atoms with Gasteiger partial charge in [-0.15, -0.1) is 5.10 Å². The van der Waals surface area contributed by atoms with Crippen LogP contribution in [0.1, 0.15) is 23.1 Å². The van der Waals surface area contributed by atoms with Crippen molar-refractivity contribution < 1.29 is 18.3 Å². The van der Waals surface area contributed by atoms with E-state index in [0.717, 1.165) is 22.7 Å². The Kier molecular flexibility index (Phi) is 4.89. The molecule has 0 fully saturated rings. The van der Waals surface area contributed by atoms with Gasteiger partial charge in [0.1, 0.15) is 29.6 Å². The number of anilines is 1. The molecule has 0 spiro atoms. The van der Waals surface area contributed by atoms with Crippen molar-refractivity contribution in [1.29, 1.82) is 5.26 Å². The molecule has 11 heteroatoms. The number of nitrogen functional groups attached to an aromatic ring is 1. The number of hydrogen-bond acceptors (Lipinski definition) is 6. The highest BCUT2D eigenvalue weighted by Gasteiger charge is 2.26. The highest BCUT2D eigenvalue weighted by Crippen LogP contribution is 2.34. The molecule has 0 aliphatic carbocycles. The van der Waals surface area contributed by atoms with E-state index in [9.17, 15) is 18.3 Å². The predicted octanol–water partition coefficient (Wildman–Crippen LogP) is 3.51. The summed E-state index contributed by atoms with van der Waals surface area (Å²) in [5, 5.41) is 23.5. The van der Waals surface area contributed by atoms with E-state index in [1.54, 1.807) is 6.07 Å². The fourth-order valence-electron chi connectivity index (χ4n) is 2.94. The lowest BCUT2D eigenvalue weighted by Crippen LogP contribution is -2.08. The van der Waals surface area contributed by atoms with Crippen molar-refractivity contribution >= 4 is 27.5 Å². The molecule has 2 aromatic carbocycles. The second kappa shape index (κ2) is 7.40. The Hall–Kier alpha value is -3.49. The largest absolute Gasteiger partial charge is 0.380 e. The Bertz CT molecular complexity index is 1330. The van der Waals surface area contributed by atoms with Crippen molar-refractivity contribution in [2.75, 3.05) is 5.73 Å². The standard InChI is InChI=1S/C19H10BrF3N6O/c20-13-15(9-4-1-3-8(7-24)14(9)23)26-19(25)29-18(13)27-17(28-29)16(30)12-10(21)5-2-6-11(12)22/h1-6,16,30H,(H2,25,26). The molecule has 0 saturated heterocycles. The molecule has 0 radical (unpaired) electrons. The summed E-state index contributed by atoms with van der Waals surface area (Å²) in [6, 6.07) is 9.07. The quantitative estimate of drug-likeness (QED) is 0.469. The second-order valence-corrected chi connectivity index (χ2v) is 6.95. The summed E-state index contributed by atoms with van der Waals surface area (Å²) in [5.74, 6) is -3.29. The smallest absolute Gasteiger partial charge is 0.223 e. The van der Waals surface area contributed by atoms with E-state index in [2.05, 4.69) is 31.0 Å². The third-order valence-electron chi connectivity index (χ3n) is 4.36. The minimum atomic E-state index is -1.82. The minimum Gasteiger partial charge on any atom is -0.380 e. The van der Waals surface area contributed by atoms with E-state index in [0.29, 0.717) is 0 Å². The number of aromatic nitrogens is 4. The molecule has 2 aromatic heterocycles. The lowest BCUT2D eigenvalue weighted by molar-refractivity contribution is 0.199. The molecule has 30 heavy (non-hydrogen) atoms. The van der Waals surface area contributed by atoms with Crippen LogP contribution in [0.2, 0.25) is 0 Å². The Balaban J connectivity index is 1.90. The number of benzene rings is 2. The molecule has 2 heterocycles. The number of aliphatic hydroxyl groups is 1. The molecular weight excluding hydrogens is 465 g/mol. The van der Waals surface area contributed by atoms with Gasteiger partial charge in [-0.3, -0.25) is 0 Å². The first-order valence-electron chi connectivity index (χ1n) is 8.36. The van der Waals surface area contributed by atoms with Crippen LogP contribution < -0.4 is 5.73 Å². The van der Waals surface area contributed by atoms with Crippen molar-refractivity contribution in [2.24, 2.45) is 0 Å². The van der Waals surface area contributed by atoms with Crippen molar-refractivity contribution in [3.05, 3.63) is 75.3 Å². The molecule has 0 bridgehead atoms. The van der Waals surface area contributed by atoms with Crippen LogP contribution >= 0.6 is 15.9 Å². The van der Waals surface area contributed by atoms with Crippen molar-refractivity contribution in [3.63, 3.8) is 0 Å². The summed E-state index contributed by atoms with van der Waals surface area (Å²) >= 11 is 3.26. The predicted molar refractivity (Wildman–Crippen MR) is 103 cm³/mol. The topological polar surface area (TPSA) is 113 Å². The molecular formula is C19H10BrF3N6O. The van der Waals surface area contributed by atoms with Gasteiger partial charge in [0.25, 0.3) is 0 Å². The van der Waals surface area contributed by atoms with E-state index >= 15 is 0 Å². The average molecular weight is 475 g/mol. The molecule has 0 aliphatic rings.